The van der Waals surface area contributed by atoms with Crippen LogP contribution in [0.25, 0.3) is 5.65 Å². The van der Waals surface area contributed by atoms with Crippen molar-refractivity contribution in [3.05, 3.63) is 40.7 Å². The van der Waals surface area contributed by atoms with Gasteiger partial charge in [0.1, 0.15) is 6.20 Å². The summed E-state index contributed by atoms with van der Waals surface area (Å²) in [4.78, 5) is 17.9. The number of pyridine rings is 1. The molecule has 10 heteroatoms. The number of hydrogen-bond donors (Lipinski definition) is 1. The minimum absolute atomic E-state index is 0.0353. The summed E-state index contributed by atoms with van der Waals surface area (Å²) < 4.78 is 1.70. The summed E-state index contributed by atoms with van der Waals surface area (Å²) >= 11 is 1.01. The summed E-state index contributed by atoms with van der Waals surface area (Å²) in [6.45, 7) is 0. The van der Waals surface area contributed by atoms with Gasteiger partial charge in [-0.15, -0.1) is 10.2 Å². The van der Waals surface area contributed by atoms with Crippen molar-refractivity contribution in [3.63, 3.8) is 0 Å². The second-order valence-electron chi connectivity index (χ2n) is 3.69. The van der Waals surface area contributed by atoms with Crippen molar-refractivity contribution in [2.75, 3.05) is 5.73 Å². The van der Waals surface area contributed by atoms with Gasteiger partial charge in [0.25, 0.3) is 0 Å². The Kier molecular flexibility index (Phi) is 2.91. The first-order valence-corrected chi connectivity index (χ1v) is 6.21. The third-order valence-corrected chi connectivity index (χ3v) is 3.38. The van der Waals surface area contributed by atoms with Crippen LogP contribution in [-0.2, 0) is 0 Å². The molecule has 0 bridgehead atoms. The lowest BCUT2D eigenvalue weighted by Gasteiger charge is -2.01. The highest BCUT2D eigenvalue weighted by molar-refractivity contribution is 7.99. The Morgan fingerprint density at radius 3 is 3.00 bits per heavy atom. The van der Waals surface area contributed by atoms with Crippen LogP contribution in [-0.4, -0.2) is 29.5 Å². The highest BCUT2D eigenvalue weighted by atomic mass is 32.2. The van der Waals surface area contributed by atoms with Crippen LogP contribution in [0.5, 0.6) is 0 Å². The van der Waals surface area contributed by atoms with Crippen molar-refractivity contribution >= 4 is 29.0 Å². The molecule has 3 aromatic rings. The van der Waals surface area contributed by atoms with Crippen LogP contribution < -0.4 is 5.73 Å². The van der Waals surface area contributed by atoms with E-state index in [1.165, 1.54) is 0 Å². The number of anilines is 1. The number of nitrogen functional groups attached to an aromatic ring is 1. The van der Waals surface area contributed by atoms with Crippen LogP contribution in [0.1, 0.15) is 0 Å². The lowest BCUT2D eigenvalue weighted by molar-refractivity contribution is -0.388. The van der Waals surface area contributed by atoms with Gasteiger partial charge in [0.05, 0.1) is 4.92 Å². The van der Waals surface area contributed by atoms with Gasteiger partial charge in [-0.25, -0.2) is 4.98 Å². The lowest BCUT2D eigenvalue weighted by Crippen LogP contribution is -2.00. The predicted octanol–water partition coefficient (Wildman–Crippen LogP) is 1.16. The van der Waals surface area contributed by atoms with E-state index in [1.54, 1.807) is 16.7 Å². The van der Waals surface area contributed by atoms with Gasteiger partial charge in [-0.3, -0.25) is 14.5 Å². The number of aromatic nitrogens is 5. The predicted molar refractivity (Wildman–Crippen MR) is 70.2 cm³/mol. The Balaban J connectivity index is 2.07. The molecule has 2 N–H and O–H groups in total. The number of nitrogens with zero attached hydrogens (tertiary/aromatic N) is 6. The highest BCUT2D eigenvalue weighted by Crippen LogP contribution is 2.31. The first-order valence-electron chi connectivity index (χ1n) is 5.39. The molecule has 0 aromatic carbocycles. The van der Waals surface area contributed by atoms with Gasteiger partial charge in [0.15, 0.2) is 10.7 Å². The van der Waals surface area contributed by atoms with E-state index in [1.807, 2.05) is 12.1 Å². The molecule has 0 aliphatic rings. The summed E-state index contributed by atoms with van der Waals surface area (Å²) in [7, 11) is 0. The molecule has 0 unspecified atom stereocenters. The summed E-state index contributed by atoms with van der Waals surface area (Å²) in [6, 6.07) is 5.41. The van der Waals surface area contributed by atoms with Crippen molar-refractivity contribution in [1.29, 1.82) is 0 Å². The topological polar surface area (TPSA) is 125 Å². The Morgan fingerprint density at radius 2 is 2.20 bits per heavy atom. The SMILES string of the molecule is Nc1ncc([N+](=O)[O-])c(Sc2nnc3ccccn23)n1. The third kappa shape index (κ3) is 2.12. The Morgan fingerprint density at radius 1 is 1.35 bits per heavy atom. The van der Waals surface area contributed by atoms with Crippen LogP contribution in [0.2, 0.25) is 0 Å². The minimum Gasteiger partial charge on any atom is -0.368 e. The molecule has 0 amide bonds. The molecule has 0 atom stereocenters. The van der Waals surface area contributed by atoms with Crippen LogP contribution in [0.15, 0.2) is 40.8 Å². The summed E-state index contributed by atoms with van der Waals surface area (Å²) in [5.41, 5.74) is 5.88. The normalized spacial score (nSPS) is 10.8. The second kappa shape index (κ2) is 4.74. The largest absolute Gasteiger partial charge is 0.368 e. The molecule has 0 radical (unpaired) electrons. The summed E-state index contributed by atoms with van der Waals surface area (Å²) in [5, 5.41) is 19.5. The molecule has 3 rings (SSSR count). The number of nitro groups is 1. The summed E-state index contributed by atoms with van der Waals surface area (Å²) in [5.74, 6) is -0.0353. The molecule has 3 heterocycles. The standard InChI is InChI=1S/C10H7N7O2S/c11-9-12-5-6(17(18)19)8(13-9)20-10-15-14-7-3-1-2-4-16(7)10/h1-5H,(H2,11,12,13). The Hall–Kier alpha value is -2.75. The van der Waals surface area contributed by atoms with E-state index in [4.69, 9.17) is 5.73 Å². The van der Waals surface area contributed by atoms with Crippen LogP contribution in [0.4, 0.5) is 11.6 Å². The third-order valence-electron chi connectivity index (χ3n) is 2.42. The van der Waals surface area contributed by atoms with E-state index in [-0.39, 0.29) is 16.7 Å². The van der Waals surface area contributed by atoms with Crippen molar-refractivity contribution in [2.24, 2.45) is 0 Å². The smallest absolute Gasteiger partial charge is 0.320 e. The number of rotatable bonds is 3. The molecule has 0 saturated heterocycles. The summed E-state index contributed by atoms with van der Waals surface area (Å²) in [6.07, 6.45) is 2.84. The first kappa shape index (κ1) is 12.3. The van der Waals surface area contributed by atoms with Gasteiger partial charge >= 0.3 is 5.69 Å². The molecule has 100 valence electrons. The fourth-order valence-electron chi connectivity index (χ4n) is 1.55. The highest BCUT2D eigenvalue weighted by Gasteiger charge is 2.20. The molecular formula is C10H7N7O2S. The van der Waals surface area contributed by atoms with Gasteiger partial charge in [0.2, 0.25) is 11.1 Å². The van der Waals surface area contributed by atoms with E-state index in [0.29, 0.717) is 10.8 Å². The fraction of sp³-hybridized carbons (Fsp3) is 0. The van der Waals surface area contributed by atoms with Crippen LogP contribution in [0, 0.1) is 10.1 Å². The Labute approximate surface area is 116 Å². The van der Waals surface area contributed by atoms with Crippen molar-refractivity contribution < 1.29 is 4.92 Å². The van der Waals surface area contributed by atoms with Gasteiger partial charge in [-0.1, -0.05) is 6.07 Å². The molecule has 9 nitrogen and oxygen atoms in total. The van der Waals surface area contributed by atoms with E-state index in [9.17, 15) is 10.1 Å². The minimum atomic E-state index is -0.564. The molecule has 0 spiro atoms. The van der Waals surface area contributed by atoms with Gasteiger partial charge < -0.3 is 5.73 Å². The maximum Gasteiger partial charge on any atom is 0.320 e. The quantitative estimate of drug-likeness (QED) is 0.432. The van der Waals surface area contributed by atoms with Crippen molar-refractivity contribution in [3.8, 4) is 0 Å². The van der Waals surface area contributed by atoms with E-state index < -0.39 is 4.92 Å². The molecule has 0 saturated carbocycles. The maximum absolute atomic E-state index is 11.0. The maximum atomic E-state index is 11.0. The fourth-order valence-corrected chi connectivity index (χ4v) is 2.43. The van der Waals surface area contributed by atoms with Crippen molar-refractivity contribution in [1.82, 2.24) is 24.6 Å². The molecule has 3 aromatic heterocycles. The average molecular weight is 289 g/mol. The van der Waals surface area contributed by atoms with Gasteiger partial charge in [-0.05, 0) is 23.9 Å². The Bertz CT molecular complexity index is 803. The van der Waals surface area contributed by atoms with Crippen LogP contribution >= 0.6 is 11.8 Å². The molecule has 0 aliphatic heterocycles. The monoisotopic (exact) mass is 289 g/mol. The number of nitrogens with two attached hydrogens (primary N) is 1. The van der Waals surface area contributed by atoms with Gasteiger partial charge in [0, 0.05) is 6.20 Å². The molecule has 20 heavy (non-hydrogen) atoms. The van der Waals surface area contributed by atoms with Crippen LogP contribution in [0.3, 0.4) is 0 Å². The van der Waals surface area contributed by atoms with Crippen molar-refractivity contribution in [2.45, 2.75) is 10.2 Å². The first-order chi connectivity index (χ1) is 9.65. The zero-order valence-electron chi connectivity index (χ0n) is 9.87. The number of hydrogen-bond acceptors (Lipinski definition) is 8. The van der Waals surface area contributed by atoms with E-state index in [2.05, 4.69) is 20.2 Å². The molecule has 0 fully saturated rings. The average Bonchev–Trinajstić information content (AvgIpc) is 2.82. The van der Waals surface area contributed by atoms with E-state index in [0.717, 1.165) is 18.0 Å². The van der Waals surface area contributed by atoms with Gasteiger partial charge in [-0.2, -0.15) is 4.98 Å². The molecule has 0 aliphatic carbocycles. The van der Waals surface area contributed by atoms with E-state index >= 15 is 0 Å². The second-order valence-corrected chi connectivity index (χ2v) is 4.65. The molecular weight excluding hydrogens is 282 g/mol. The zero-order valence-corrected chi connectivity index (χ0v) is 10.7. The zero-order chi connectivity index (χ0) is 14.1. The lowest BCUT2D eigenvalue weighted by atomic mass is 10.5. The number of fused-ring (bicyclic) bond motifs is 1.